The molecule has 0 aromatic heterocycles. The van der Waals surface area contributed by atoms with Gasteiger partial charge in [0, 0.05) is 0 Å². The van der Waals surface area contributed by atoms with Crippen molar-refractivity contribution >= 4 is 16.7 Å². The van der Waals surface area contributed by atoms with E-state index in [-0.39, 0.29) is 25.1 Å². The average Bonchev–Trinajstić information content (AvgIpc) is 2.36. The van der Waals surface area contributed by atoms with Crippen LogP contribution in [0.4, 0.5) is 0 Å². The maximum atomic E-state index is 11.4. The topological polar surface area (TPSA) is 46.5 Å². The maximum absolute atomic E-state index is 11.4. The lowest BCUT2D eigenvalue weighted by atomic mass is 9.98. The first-order valence-corrected chi connectivity index (χ1v) is 5.42. The minimum atomic E-state index is -0.279. The van der Waals surface area contributed by atoms with E-state index in [4.69, 9.17) is 4.74 Å². The van der Waals surface area contributed by atoms with Crippen LogP contribution in [0.3, 0.4) is 0 Å². The highest BCUT2D eigenvalue weighted by Crippen LogP contribution is 2.25. The summed E-state index contributed by atoms with van der Waals surface area (Å²) in [5.41, 5.74) is 0.912. The predicted octanol–water partition coefficient (Wildman–Crippen LogP) is 3.46. The van der Waals surface area contributed by atoms with Gasteiger partial charge in [-0.2, -0.15) is 0 Å². The van der Waals surface area contributed by atoms with E-state index in [1.165, 1.54) is 7.11 Å². The highest BCUT2D eigenvalue weighted by atomic mass is 16.5. The van der Waals surface area contributed by atoms with Gasteiger partial charge in [0.15, 0.2) is 0 Å². The van der Waals surface area contributed by atoms with E-state index in [2.05, 4.69) is 0 Å². The van der Waals surface area contributed by atoms with Gasteiger partial charge in [-0.3, -0.25) is 4.79 Å². The molecule has 3 heteroatoms. The summed E-state index contributed by atoms with van der Waals surface area (Å²) in [5.74, 6) is -0.285. The number of carbonyl (C=O) groups excluding carboxylic acids is 1. The van der Waals surface area contributed by atoms with Crippen molar-refractivity contribution in [1.29, 1.82) is 0 Å². The Morgan fingerprint density at radius 2 is 1.78 bits per heavy atom. The predicted molar refractivity (Wildman–Crippen MR) is 72.8 cm³/mol. The lowest BCUT2D eigenvalue weighted by Gasteiger charge is -2.10. The van der Waals surface area contributed by atoms with E-state index < -0.39 is 0 Å². The molecule has 18 heavy (non-hydrogen) atoms. The molecule has 2 aromatic carbocycles. The summed E-state index contributed by atoms with van der Waals surface area (Å²) in [4.78, 5) is 11.4. The molecule has 0 amide bonds. The summed E-state index contributed by atoms with van der Waals surface area (Å²) in [6.45, 7) is 1.81. The van der Waals surface area contributed by atoms with Gasteiger partial charge in [0.25, 0.3) is 0 Å². The molecular weight excluding hydrogens is 228 g/mol. The van der Waals surface area contributed by atoms with Crippen LogP contribution >= 0.6 is 0 Å². The van der Waals surface area contributed by atoms with E-state index in [9.17, 15) is 9.90 Å². The summed E-state index contributed by atoms with van der Waals surface area (Å²) >= 11 is 0. The van der Waals surface area contributed by atoms with Crippen molar-refractivity contribution in [2.24, 2.45) is 0 Å². The third kappa shape index (κ3) is 2.62. The number of hydrogen-bond donors (Lipinski definition) is 1. The van der Waals surface area contributed by atoms with Crippen molar-refractivity contribution < 1.29 is 14.6 Å². The van der Waals surface area contributed by atoms with Gasteiger partial charge in [0.05, 0.1) is 13.0 Å². The fourth-order valence-corrected chi connectivity index (χ4v) is 1.83. The Morgan fingerprint density at radius 1 is 1.17 bits per heavy atom. The number of aromatic hydroxyl groups is 1. The van der Waals surface area contributed by atoms with Crippen LogP contribution in [-0.2, 0) is 9.53 Å². The number of hydrogen-bond acceptors (Lipinski definition) is 3. The van der Waals surface area contributed by atoms with E-state index in [0.717, 1.165) is 16.3 Å². The molecule has 3 nitrogen and oxygen atoms in total. The van der Waals surface area contributed by atoms with Crippen LogP contribution < -0.4 is 0 Å². The number of esters is 1. The number of phenols is 1. The Morgan fingerprint density at radius 3 is 2.44 bits per heavy atom. The second-order valence-electron chi connectivity index (χ2n) is 4.04. The molecule has 1 unspecified atom stereocenters. The molecule has 0 saturated carbocycles. The Hall–Kier alpha value is -2.03. The van der Waals surface area contributed by atoms with Crippen molar-refractivity contribution in [3.8, 4) is 5.75 Å². The number of carbonyl (C=O) groups is 1. The van der Waals surface area contributed by atoms with E-state index in [0.29, 0.717) is 0 Å². The second-order valence-corrected chi connectivity index (χ2v) is 4.04. The van der Waals surface area contributed by atoms with E-state index in [1.807, 2.05) is 31.2 Å². The molecule has 0 fully saturated rings. The Balaban J connectivity index is 0.00000162. The van der Waals surface area contributed by atoms with Crippen LogP contribution in [0.1, 0.15) is 25.8 Å². The van der Waals surface area contributed by atoms with Crippen molar-refractivity contribution in [1.82, 2.24) is 0 Å². The standard InChI is InChI=1S/C14H14O3.CH4/c1-9(14(16)17-2)10-3-4-12-8-13(15)6-5-11(12)7-10;/h3-9,15H,1-2H3;1H4. The largest absolute Gasteiger partial charge is 0.508 e. The zero-order valence-electron chi connectivity index (χ0n) is 9.81. The molecule has 0 aliphatic heterocycles. The molecule has 1 N–H and O–H groups in total. The second kappa shape index (κ2) is 5.54. The average molecular weight is 246 g/mol. The number of phenolic OH excluding ortho intramolecular Hbond substituents is 1. The summed E-state index contributed by atoms with van der Waals surface area (Å²) in [7, 11) is 1.39. The maximum Gasteiger partial charge on any atom is 0.312 e. The smallest absolute Gasteiger partial charge is 0.312 e. The van der Waals surface area contributed by atoms with Crippen LogP contribution in [-0.4, -0.2) is 18.2 Å². The lowest BCUT2D eigenvalue weighted by Crippen LogP contribution is -2.10. The lowest BCUT2D eigenvalue weighted by molar-refractivity contribution is -0.141. The summed E-state index contributed by atoms with van der Waals surface area (Å²) in [6, 6.07) is 10.9. The third-order valence-corrected chi connectivity index (χ3v) is 2.90. The molecule has 2 rings (SSSR count). The molecule has 2 aromatic rings. The van der Waals surface area contributed by atoms with Crippen LogP contribution in [0.2, 0.25) is 0 Å². The fourth-order valence-electron chi connectivity index (χ4n) is 1.83. The molecule has 0 radical (unpaired) electrons. The van der Waals surface area contributed by atoms with Gasteiger partial charge in [-0.15, -0.1) is 0 Å². The Labute approximate surface area is 107 Å². The minimum absolute atomic E-state index is 0. The molecular formula is C15H18O3. The van der Waals surface area contributed by atoms with Crippen LogP contribution in [0.5, 0.6) is 5.75 Å². The number of ether oxygens (including phenoxy) is 1. The highest BCUT2D eigenvalue weighted by Gasteiger charge is 2.15. The Kier molecular flexibility index (Phi) is 4.32. The first-order valence-electron chi connectivity index (χ1n) is 5.42. The molecule has 0 heterocycles. The molecule has 0 bridgehead atoms. The molecule has 0 aliphatic carbocycles. The molecule has 0 spiro atoms. The van der Waals surface area contributed by atoms with E-state index >= 15 is 0 Å². The van der Waals surface area contributed by atoms with Gasteiger partial charge in [-0.05, 0) is 35.4 Å². The minimum Gasteiger partial charge on any atom is -0.508 e. The molecule has 0 aliphatic rings. The van der Waals surface area contributed by atoms with Crippen LogP contribution in [0.15, 0.2) is 36.4 Å². The molecule has 0 saturated heterocycles. The van der Waals surface area contributed by atoms with Crippen LogP contribution in [0, 0.1) is 0 Å². The van der Waals surface area contributed by atoms with Crippen molar-refractivity contribution in [3.05, 3.63) is 42.0 Å². The van der Waals surface area contributed by atoms with Crippen molar-refractivity contribution in [2.75, 3.05) is 7.11 Å². The van der Waals surface area contributed by atoms with Gasteiger partial charge in [-0.25, -0.2) is 0 Å². The molecule has 96 valence electrons. The third-order valence-electron chi connectivity index (χ3n) is 2.90. The normalized spacial score (nSPS) is 11.7. The quantitative estimate of drug-likeness (QED) is 0.825. The number of rotatable bonds is 2. The van der Waals surface area contributed by atoms with Gasteiger partial charge in [0.1, 0.15) is 5.75 Å². The zero-order chi connectivity index (χ0) is 12.4. The van der Waals surface area contributed by atoms with Gasteiger partial charge in [-0.1, -0.05) is 31.7 Å². The SMILES string of the molecule is C.COC(=O)C(C)c1ccc2cc(O)ccc2c1. The highest BCUT2D eigenvalue weighted by molar-refractivity contribution is 5.86. The van der Waals surface area contributed by atoms with Crippen LogP contribution in [0.25, 0.3) is 10.8 Å². The first-order chi connectivity index (χ1) is 8.11. The van der Waals surface area contributed by atoms with E-state index in [1.54, 1.807) is 12.1 Å². The fraction of sp³-hybridized carbons (Fsp3) is 0.267. The number of benzene rings is 2. The molecule has 1 atom stereocenters. The summed E-state index contributed by atoms with van der Waals surface area (Å²) in [5, 5.41) is 11.3. The first kappa shape index (κ1) is 14.0. The Bertz CT molecular complexity index is 561. The zero-order valence-corrected chi connectivity index (χ0v) is 9.81. The number of fused-ring (bicyclic) bond motifs is 1. The van der Waals surface area contributed by atoms with Gasteiger partial charge >= 0.3 is 5.97 Å². The van der Waals surface area contributed by atoms with Crippen molar-refractivity contribution in [2.45, 2.75) is 20.3 Å². The van der Waals surface area contributed by atoms with Crippen molar-refractivity contribution in [3.63, 3.8) is 0 Å². The summed E-state index contributed by atoms with van der Waals surface area (Å²) < 4.78 is 4.72. The number of methoxy groups -OCH3 is 1. The van der Waals surface area contributed by atoms with Gasteiger partial charge in [0.2, 0.25) is 0 Å². The monoisotopic (exact) mass is 246 g/mol. The summed E-state index contributed by atoms with van der Waals surface area (Å²) in [6.07, 6.45) is 0. The van der Waals surface area contributed by atoms with Gasteiger partial charge < -0.3 is 9.84 Å².